The van der Waals surface area contributed by atoms with Gasteiger partial charge in [0.15, 0.2) is 18.1 Å². The van der Waals surface area contributed by atoms with Gasteiger partial charge in [-0.05, 0) is 33.6 Å². The number of ether oxygens (including phenoxy) is 2. The molecule has 0 spiro atoms. The molecule has 1 rings (SSSR count). The smallest absolute Gasteiger partial charge is 0.329 e. The van der Waals surface area contributed by atoms with Crippen molar-refractivity contribution in [2.24, 2.45) is 10.8 Å². The number of nitrogens with two attached hydrogens (primary N) is 1. The molecular weight excluding hydrogens is 384 g/mol. The maximum Gasteiger partial charge on any atom is 0.329 e. The second-order valence-corrected chi connectivity index (χ2v) is 5.53. The van der Waals surface area contributed by atoms with Crippen molar-refractivity contribution in [3.8, 4) is 11.5 Å². The first kappa shape index (κ1) is 19.4. The van der Waals surface area contributed by atoms with Crippen molar-refractivity contribution in [3.05, 3.63) is 22.2 Å². The third-order valence-corrected chi connectivity index (χ3v) is 3.28. The first-order valence-electron chi connectivity index (χ1n) is 6.59. The first-order chi connectivity index (χ1) is 11.3. The number of nitrogens with one attached hydrogen (secondary N) is 1. The van der Waals surface area contributed by atoms with E-state index >= 15 is 0 Å². The number of nitrogens with zero attached hydrogens (tertiary/aromatic N) is 2. The number of methoxy groups -OCH3 is 1. The summed E-state index contributed by atoms with van der Waals surface area (Å²) in [7, 11) is 4.69. The van der Waals surface area contributed by atoms with Crippen molar-refractivity contribution in [3.63, 3.8) is 0 Å². The van der Waals surface area contributed by atoms with Crippen LogP contribution in [0.5, 0.6) is 11.5 Å². The molecule has 0 fully saturated rings. The Bertz CT molecular complexity index is 675. The topological polar surface area (TPSA) is 123 Å². The number of carbonyl (C=O) groups excluding carboxylic acids is 3. The molecule has 1 aromatic rings. The summed E-state index contributed by atoms with van der Waals surface area (Å²) in [6, 6.07) is 3.22. The summed E-state index contributed by atoms with van der Waals surface area (Å²) in [6.45, 7) is -0.149. The number of amides is 3. The number of primary amides is 1. The average molecular weight is 401 g/mol. The highest BCUT2D eigenvalue weighted by molar-refractivity contribution is 9.10. The van der Waals surface area contributed by atoms with Crippen LogP contribution in [-0.2, 0) is 14.4 Å². The van der Waals surface area contributed by atoms with Crippen LogP contribution in [-0.4, -0.2) is 56.6 Å². The van der Waals surface area contributed by atoms with E-state index in [1.807, 2.05) is 5.43 Å². The Kier molecular flexibility index (Phi) is 7.18. The van der Waals surface area contributed by atoms with E-state index in [2.05, 4.69) is 21.0 Å². The standard InChI is InChI=1S/C14H17BrN4O5/c1-19(2)11(20)7-24-12-9(15)4-8(5-10(12)23-3)6-17-18-14(22)13(16)21/h4-6H,7H2,1-3H3,(H2,16,21)(H,18,22)/b17-6-. The largest absolute Gasteiger partial charge is 0.493 e. The van der Waals surface area contributed by atoms with Crippen molar-refractivity contribution in [2.75, 3.05) is 27.8 Å². The van der Waals surface area contributed by atoms with Crippen LogP contribution in [0.25, 0.3) is 0 Å². The van der Waals surface area contributed by atoms with Gasteiger partial charge in [-0.1, -0.05) is 0 Å². The second-order valence-electron chi connectivity index (χ2n) is 4.67. The van der Waals surface area contributed by atoms with E-state index in [1.165, 1.54) is 18.2 Å². The van der Waals surface area contributed by atoms with Gasteiger partial charge in [-0.25, -0.2) is 5.43 Å². The quantitative estimate of drug-likeness (QED) is 0.390. The second kappa shape index (κ2) is 8.87. The molecule has 10 heteroatoms. The lowest BCUT2D eigenvalue weighted by molar-refractivity contribution is -0.137. The van der Waals surface area contributed by atoms with E-state index in [-0.39, 0.29) is 12.5 Å². The van der Waals surface area contributed by atoms with Crippen LogP contribution >= 0.6 is 15.9 Å². The van der Waals surface area contributed by atoms with Crippen LogP contribution in [0.1, 0.15) is 5.56 Å². The molecule has 0 saturated heterocycles. The number of carbonyl (C=O) groups is 3. The Morgan fingerprint density at radius 3 is 2.58 bits per heavy atom. The van der Waals surface area contributed by atoms with Crippen LogP contribution < -0.4 is 20.6 Å². The molecule has 0 atom stereocenters. The van der Waals surface area contributed by atoms with Crippen molar-refractivity contribution < 1.29 is 23.9 Å². The van der Waals surface area contributed by atoms with Gasteiger partial charge in [-0.15, -0.1) is 0 Å². The van der Waals surface area contributed by atoms with Crippen LogP contribution in [0.4, 0.5) is 0 Å². The number of hydrogen-bond acceptors (Lipinski definition) is 6. The predicted molar refractivity (Wildman–Crippen MR) is 89.8 cm³/mol. The number of benzene rings is 1. The monoisotopic (exact) mass is 400 g/mol. The summed E-state index contributed by atoms with van der Waals surface area (Å²) in [4.78, 5) is 34.6. The lowest BCUT2D eigenvalue weighted by atomic mass is 10.2. The van der Waals surface area contributed by atoms with Crippen LogP contribution in [0.3, 0.4) is 0 Å². The fraction of sp³-hybridized carbons (Fsp3) is 0.286. The summed E-state index contributed by atoms with van der Waals surface area (Å²) in [5.41, 5.74) is 7.31. The lowest BCUT2D eigenvalue weighted by Crippen LogP contribution is -2.32. The van der Waals surface area contributed by atoms with E-state index in [4.69, 9.17) is 15.2 Å². The minimum absolute atomic E-state index is 0.149. The highest BCUT2D eigenvalue weighted by Gasteiger charge is 2.14. The third-order valence-electron chi connectivity index (χ3n) is 2.69. The fourth-order valence-electron chi connectivity index (χ4n) is 1.44. The molecule has 9 nitrogen and oxygen atoms in total. The van der Waals surface area contributed by atoms with Crippen LogP contribution in [0, 0.1) is 0 Å². The molecule has 0 aliphatic heterocycles. The lowest BCUT2D eigenvalue weighted by Gasteiger charge is -2.15. The van der Waals surface area contributed by atoms with Gasteiger partial charge in [0.25, 0.3) is 5.91 Å². The summed E-state index contributed by atoms with van der Waals surface area (Å²) in [6.07, 6.45) is 1.29. The normalized spacial score (nSPS) is 10.3. The molecule has 0 saturated carbocycles. The number of rotatable bonds is 6. The number of likely N-dealkylation sites (N-methyl/N-ethyl adjacent to an activating group) is 1. The van der Waals surface area contributed by atoms with Gasteiger partial charge in [0.05, 0.1) is 17.8 Å². The molecule has 3 N–H and O–H groups in total. The van der Waals surface area contributed by atoms with Crippen molar-refractivity contribution in [1.29, 1.82) is 0 Å². The Labute approximate surface area is 146 Å². The molecule has 3 amide bonds. The number of hydrogen-bond donors (Lipinski definition) is 2. The minimum Gasteiger partial charge on any atom is -0.493 e. The number of hydrazone groups is 1. The summed E-state index contributed by atoms with van der Waals surface area (Å²) in [5, 5.41) is 3.60. The Morgan fingerprint density at radius 1 is 1.38 bits per heavy atom. The van der Waals surface area contributed by atoms with Crippen molar-refractivity contribution >= 4 is 39.9 Å². The van der Waals surface area contributed by atoms with Gasteiger partial charge in [-0.3, -0.25) is 14.4 Å². The van der Waals surface area contributed by atoms with E-state index in [1.54, 1.807) is 26.2 Å². The van der Waals surface area contributed by atoms with Crippen molar-refractivity contribution in [1.82, 2.24) is 10.3 Å². The molecule has 0 aromatic heterocycles. The SMILES string of the molecule is COc1cc(/C=N\NC(=O)C(N)=O)cc(Br)c1OCC(=O)N(C)C. The molecule has 0 aliphatic rings. The molecule has 0 aliphatic carbocycles. The molecular formula is C14H17BrN4O5. The van der Waals surface area contributed by atoms with Gasteiger partial charge in [0.1, 0.15) is 0 Å². The highest BCUT2D eigenvalue weighted by atomic mass is 79.9. The first-order valence-corrected chi connectivity index (χ1v) is 7.38. The molecule has 0 radical (unpaired) electrons. The summed E-state index contributed by atoms with van der Waals surface area (Å²) >= 11 is 3.32. The Hall–Kier alpha value is -2.62. The van der Waals surface area contributed by atoms with Crippen LogP contribution in [0.2, 0.25) is 0 Å². The summed E-state index contributed by atoms with van der Waals surface area (Å²) in [5.74, 6) is -1.66. The fourth-order valence-corrected chi connectivity index (χ4v) is 2.01. The molecule has 0 unspecified atom stereocenters. The number of halogens is 1. The molecule has 0 bridgehead atoms. The average Bonchev–Trinajstić information content (AvgIpc) is 2.52. The van der Waals surface area contributed by atoms with Gasteiger partial charge < -0.3 is 20.1 Å². The van der Waals surface area contributed by atoms with E-state index in [0.29, 0.717) is 21.5 Å². The summed E-state index contributed by atoms with van der Waals surface area (Å²) < 4.78 is 11.2. The van der Waals surface area contributed by atoms with Gasteiger partial charge in [0, 0.05) is 14.1 Å². The van der Waals surface area contributed by atoms with E-state index in [0.717, 1.165) is 0 Å². The Balaban J connectivity index is 2.91. The van der Waals surface area contributed by atoms with Crippen LogP contribution in [0.15, 0.2) is 21.7 Å². The maximum atomic E-state index is 11.6. The molecule has 1 aromatic carbocycles. The zero-order chi connectivity index (χ0) is 18.3. The molecule has 0 heterocycles. The van der Waals surface area contributed by atoms with E-state index < -0.39 is 11.8 Å². The highest BCUT2D eigenvalue weighted by Crippen LogP contribution is 2.36. The minimum atomic E-state index is -1.14. The van der Waals surface area contributed by atoms with Crippen molar-refractivity contribution in [2.45, 2.75) is 0 Å². The third kappa shape index (κ3) is 5.54. The zero-order valence-electron chi connectivity index (χ0n) is 13.3. The molecule has 24 heavy (non-hydrogen) atoms. The van der Waals surface area contributed by atoms with E-state index in [9.17, 15) is 14.4 Å². The molecule has 130 valence electrons. The predicted octanol–water partition coefficient (Wildman–Crippen LogP) is -0.140. The van der Waals surface area contributed by atoms with Gasteiger partial charge >= 0.3 is 11.8 Å². The Morgan fingerprint density at radius 2 is 2.04 bits per heavy atom. The maximum absolute atomic E-state index is 11.6. The van der Waals surface area contributed by atoms with Gasteiger partial charge in [0.2, 0.25) is 0 Å². The zero-order valence-corrected chi connectivity index (χ0v) is 14.9. The van der Waals surface area contributed by atoms with Gasteiger partial charge in [-0.2, -0.15) is 5.10 Å².